The second-order valence-electron chi connectivity index (χ2n) is 6.86. The second-order valence-corrected chi connectivity index (χ2v) is 8.82. The van der Waals surface area contributed by atoms with E-state index in [1.54, 1.807) is 0 Å². The minimum atomic E-state index is 0.164. The Morgan fingerprint density at radius 3 is 1.18 bits per heavy atom. The van der Waals surface area contributed by atoms with E-state index >= 15 is 0 Å². The summed E-state index contributed by atoms with van der Waals surface area (Å²) in [6.45, 7) is 0. The molecular weight excluding hydrogens is 464 g/mol. The lowest BCUT2D eigenvalue weighted by atomic mass is 9.93. The lowest BCUT2D eigenvalue weighted by Crippen LogP contribution is -2.19. The molecule has 0 fully saturated rings. The Balaban J connectivity index is 2.09. The summed E-state index contributed by atoms with van der Waals surface area (Å²) in [5, 5.41) is 59.7. The van der Waals surface area contributed by atoms with E-state index in [2.05, 4.69) is 32.5 Å². The lowest BCUT2D eigenvalue weighted by molar-refractivity contribution is 1.06. The average Bonchev–Trinajstić information content (AvgIpc) is 3.56. The maximum Gasteiger partial charge on any atom is 0.218 e. The molecule has 0 bridgehead atoms. The second kappa shape index (κ2) is 8.50. The first kappa shape index (κ1) is 20.9. The van der Waals surface area contributed by atoms with Gasteiger partial charge in [0.1, 0.15) is 24.3 Å². The minimum absolute atomic E-state index is 0.164. The number of benzene rings is 3. The first-order valence-corrected chi connectivity index (χ1v) is 11.3. The molecule has 0 aliphatic rings. The maximum absolute atomic E-state index is 10.1. The van der Waals surface area contributed by atoms with Crippen LogP contribution in [-0.2, 0) is 0 Å². The molecule has 0 aliphatic heterocycles. The highest BCUT2D eigenvalue weighted by molar-refractivity contribution is 7.13. The summed E-state index contributed by atoms with van der Waals surface area (Å²) in [5.41, 5.74) is 0.582. The van der Waals surface area contributed by atoms with Gasteiger partial charge in [-0.15, -0.1) is 20.4 Å². The standard InChI is InChI=1S/C24H8N8S2/c25-9-17(23-31-29-19(11-27)33-23)21-13-5-1-2-6-14(13)22(16-8-4-3-7-15(16)21)18(10-26)24-32-30-20(12-28)34-24/h1-8H. The molecular formula is C24H8N8S2. The van der Waals surface area contributed by atoms with Crippen LogP contribution >= 0.6 is 22.7 Å². The smallest absolute Gasteiger partial charge is 0.192 e. The Bertz CT molecular complexity index is 1720. The van der Waals surface area contributed by atoms with Gasteiger partial charge in [-0.2, -0.15) is 21.0 Å². The normalized spacial score (nSPS) is 10.2. The number of nitriles is 4. The van der Waals surface area contributed by atoms with Crippen LogP contribution in [0.5, 0.6) is 0 Å². The number of fused-ring (bicyclic) bond motifs is 2. The minimum Gasteiger partial charge on any atom is -0.192 e. The Labute approximate surface area is 199 Å². The van der Waals surface area contributed by atoms with Crippen molar-refractivity contribution in [3.63, 3.8) is 0 Å². The Hall–Kier alpha value is -5.00. The van der Waals surface area contributed by atoms with Crippen LogP contribution in [0.4, 0.5) is 0 Å². The zero-order chi connectivity index (χ0) is 23.7. The topological polar surface area (TPSA) is 147 Å². The Morgan fingerprint density at radius 2 is 0.912 bits per heavy atom. The fourth-order valence-electron chi connectivity index (χ4n) is 3.83. The molecule has 0 aliphatic carbocycles. The van der Waals surface area contributed by atoms with Gasteiger partial charge >= 0.3 is 0 Å². The quantitative estimate of drug-likeness (QED) is 0.356. The Morgan fingerprint density at radius 1 is 0.559 bits per heavy atom. The van der Waals surface area contributed by atoms with Crippen LogP contribution in [-0.4, -0.2) is 20.4 Å². The monoisotopic (exact) mass is 472 g/mol. The highest BCUT2D eigenvalue weighted by Gasteiger charge is 2.18. The van der Waals surface area contributed by atoms with E-state index in [4.69, 9.17) is 0 Å². The summed E-state index contributed by atoms with van der Waals surface area (Å²) in [4.78, 5) is 0. The summed E-state index contributed by atoms with van der Waals surface area (Å²) in [7, 11) is 0. The van der Waals surface area contributed by atoms with Crippen molar-refractivity contribution >= 4 is 55.4 Å². The molecule has 2 aromatic heterocycles. The van der Waals surface area contributed by atoms with Crippen molar-refractivity contribution in [3.8, 4) is 24.3 Å². The Kier molecular flexibility index (Phi) is 5.22. The summed E-state index contributed by atoms with van der Waals surface area (Å²) < 4.78 is 0. The van der Waals surface area contributed by atoms with E-state index in [1.165, 1.54) is 0 Å². The third kappa shape index (κ3) is 3.24. The molecule has 0 unspecified atom stereocenters. The number of nitrogens with zero attached hydrogens (tertiary/aromatic N) is 8. The summed E-state index contributed by atoms with van der Waals surface area (Å²) >= 11 is 2.09. The highest BCUT2D eigenvalue weighted by Crippen LogP contribution is 2.23. The van der Waals surface area contributed by atoms with Gasteiger partial charge in [0, 0.05) is 10.4 Å². The van der Waals surface area contributed by atoms with Crippen molar-refractivity contribution in [2.45, 2.75) is 0 Å². The highest BCUT2D eigenvalue weighted by atomic mass is 32.1. The molecule has 0 saturated carbocycles. The zero-order valence-corrected chi connectivity index (χ0v) is 18.6. The van der Waals surface area contributed by atoms with Crippen molar-refractivity contribution in [2.24, 2.45) is 0 Å². The van der Waals surface area contributed by atoms with Crippen LogP contribution in [0.25, 0.3) is 32.7 Å². The van der Waals surface area contributed by atoms with Crippen molar-refractivity contribution in [3.05, 3.63) is 79.0 Å². The molecule has 5 aromatic rings. The number of aromatic nitrogens is 4. The van der Waals surface area contributed by atoms with Crippen molar-refractivity contribution in [1.82, 2.24) is 20.4 Å². The molecule has 34 heavy (non-hydrogen) atoms. The van der Waals surface area contributed by atoms with E-state index < -0.39 is 0 Å². The lowest BCUT2D eigenvalue weighted by Gasteiger charge is -2.09. The molecule has 0 radical (unpaired) electrons. The SMILES string of the molecule is N#CC(c1nnc(C#N)s1)=c1c2ccccc2c(=C(C#N)c2nnc(C#N)s2)c2ccccc12. The number of rotatable bonds is 2. The fourth-order valence-corrected chi connectivity index (χ4v) is 5.11. The van der Waals surface area contributed by atoms with Crippen LogP contribution in [0, 0.1) is 45.3 Å². The molecule has 0 atom stereocenters. The van der Waals surface area contributed by atoms with Gasteiger partial charge in [-0.1, -0.05) is 71.2 Å². The molecule has 5 rings (SSSR count). The van der Waals surface area contributed by atoms with Gasteiger partial charge in [-0.05, 0) is 21.5 Å². The van der Waals surface area contributed by atoms with Gasteiger partial charge in [-0.25, -0.2) is 0 Å². The van der Waals surface area contributed by atoms with Crippen LogP contribution in [0.15, 0.2) is 48.5 Å². The molecule has 156 valence electrons. The molecule has 0 amide bonds. The molecule has 3 aromatic carbocycles. The first-order chi connectivity index (χ1) is 16.7. The van der Waals surface area contributed by atoms with E-state index in [9.17, 15) is 21.0 Å². The van der Waals surface area contributed by atoms with Crippen molar-refractivity contribution < 1.29 is 0 Å². The van der Waals surface area contributed by atoms with E-state index in [0.717, 1.165) is 44.2 Å². The predicted octanol–water partition coefficient (Wildman–Crippen LogP) is 2.88. The first-order valence-electron chi connectivity index (χ1n) is 9.66. The van der Waals surface area contributed by atoms with Crippen LogP contribution in [0.2, 0.25) is 0 Å². The number of hydrogen-bond acceptors (Lipinski definition) is 10. The number of hydrogen-bond donors (Lipinski definition) is 0. The van der Waals surface area contributed by atoms with Gasteiger partial charge in [0.25, 0.3) is 0 Å². The molecule has 10 heteroatoms. The van der Waals surface area contributed by atoms with Gasteiger partial charge in [0.2, 0.25) is 10.0 Å². The third-order valence-corrected chi connectivity index (χ3v) is 6.81. The average molecular weight is 473 g/mol. The molecule has 8 nitrogen and oxygen atoms in total. The van der Waals surface area contributed by atoms with Crippen LogP contribution in [0.3, 0.4) is 0 Å². The molecule has 0 spiro atoms. The van der Waals surface area contributed by atoms with E-state index in [-0.39, 0.29) is 10.0 Å². The van der Waals surface area contributed by atoms with E-state index in [1.807, 2.05) is 60.7 Å². The maximum atomic E-state index is 10.1. The van der Waals surface area contributed by atoms with Crippen LogP contribution in [0.1, 0.15) is 20.0 Å². The van der Waals surface area contributed by atoms with Gasteiger partial charge in [0.15, 0.2) is 10.0 Å². The van der Waals surface area contributed by atoms with Gasteiger partial charge in [-0.3, -0.25) is 0 Å². The zero-order valence-electron chi connectivity index (χ0n) is 17.0. The van der Waals surface area contributed by atoms with Crippen LogP contribution < -0.4 is 10.4 Å². The molecule has 0 N–H and O–H groups in total. The van der Waals surface area contributed by atoms with E-state index in [0.29, 0.717) is 31.6 Å². The van der Waals surface area contributed by atoms with Gasteiger partial charge < -0.3 is 0 Å². The fraction of sp³-hybridized carbons (Fsp3) is 0. The third-order valence-electron chi connectivity index (χ3n) is 5.12. The van der Waals surface area contributed by atoms with Crippen molar-refractivity contribution in [1.29, 1.82) is 21.0 Å². The van der Waals surface area contributed by atoms with Crippen molar-refractivity contribution in [2.75, 3.05) is 0 Å². The summed E-state index contributed by atoms with van der Waals surface area (Å²) in [6, 6.07) is 23.3. The van der Waals surface area contributed by atoms with Gasteiger partial charge in [0.05, 0.1) is 11.1 Å². The predicted molar refractivity (Wildman–Crippen MR) is 126 cm³/mol. The largest absolute Gasteiger partial charge is 0.218 e. The molecule has 0 saturated heterocycles. The molecule has 2 heterocycles. The summed E-state index contributed by atoms with van der Waals surface area (Å²) in [6.07, 6.45) is 0. The summed E-state index contributed by atoms with van der Waals surface area (Å²) in [5.74, 6) is 0.